The van der Waals surface area contributed by atoms with E-state index in [9.17, 15) is 10.1 Å². The molecule has 3 rings (SSSR count). The third kappa shape index (κ3) is 6.57. The number of amides is 1. The molecule has 7 heteroatoms. The zero-order valence-electron chi connectivity index (χ0n) is 20.0. The van der Waals surface area contributed by atoms with Crippen molar-refractivity contribution in [3.05, 3.63) is 52.2 Å². The number of nitrogens with zero attached hydrogens (tertiary/aromatic N) is 3. The van der Waals surface area contributed by atoms with Crippen LogP contribution in [0.2, 0.25) is 0 Å². The number of nitrogens with one attached hydrogen (secondary N) is 1. The van der Waals surface area contributed by atoms with E-state index in [2.05, 4.69) is 31.4 Å². The molecule has 1 N–H and O–H groups in total. The quantitative estimate of drug-likeness (QED) is 0.346. The molecule has 1 aromatic heterocycles. The third-order valence-electron chi connectivity index (χ3n) is 6.56. The average Bonchev–Trinajstić information content (AvgIpc) is 3.45. The van der Waals surface area contributed by atoms with Gasteiger partial charge in [-0.25, -0.2) is 10.4 Å². The second kappa shape index (κ2) is 12.2. The fourth-order valence-electron chi connectivity index (χ4n) is 4.59. The van der Waals surface area contributed by atoms with Gasteiger partial charge in [0.25, 0.3) is 5.91 Å². The number of carbonyl (C=O) groups excluding carboxylic acids is 1. The highest BCUT2D eigenvalue weighted by Gasteiger charge is 2.48. The van der Waals surface area contributed by atoms with Crippen molar-refractivity contribution in [1.82, 2.24) is 15.3 Å². The molecule has 2 atom stereocenters. The lowest BCUT2D eigenvalue weighted by Crippen LogP contribution is -2.55. The van der Waals surface area contributed by atoms with Crippen molar-refractivity contribution in [1.29, 1.82) is 5.26 Å². The maximum atomic E-state index is 13.6. The maximum absolute atomic E-state index is 13.6. The predicted molar refractivity (Wildman–Crippen MR) is 133 cm³/mol. The summed E-state index contributed by atoms with van der Waals surface area (Å²) in [4.78, 5) is 16.7. The van der Waals surface area contributed by atoms with Crippen molar-refractivity contribution in [3.8, 4) is 11.8 Å². The summed E-state index contributed by atoms with van der Waals surface area (Å²) in [5.74, 6) is 0.647. The summed E-state index contributed by atoms with van der Waals surface area (Å²) in [5.41, 5.74) is 4.57. The highest BCUT2D eigenvalue weighted by atomic mass is 32.1. The fraction of sp³-hybridized carbons (Fsp3) is 0.538. The van der Waals surface area contributed by atoms with Gasteiger partial charge in [0.05, 0.1) is 12.6 Å². The average molecular weight is 469 g/mol. The number of hydrogen-bond donors (Lipinski definition) is 1. The minimum Gasteiger partial charge on any atom is -0.484 e. The van der Waals surface area contributed by atoms with Crippen LogP contribution in [0.4, 0.5) is 0 Å². The van der Waals surface area contributed by atoms with Crippen molar-refractivity contribution < 1.29 is 9.53 Å². The van der Waals surface area contributed by atoms with Gasteiger partial charge in [-0.1, -0.05) is 56.9 Å². The van der Waals surface area contributed by atoms with Crippen molar-refractivity contribution in [2.75, 3.05) is 19.7 Å². The van der Waals surface area contributed by atoms with Crippen LogP contribution in [0.1, 0.15) is 56.4 Å². The summed E-state index contributed by atoms with van der Waals surface area (Å²) in [6.07, 6.45) is 5.21. The van der Waals surface area contributed by atoms with E-state index >= 15 is 0 Å². The number of unbranched alkanes of at least 4 members (excludes halogenated alkanes) is 2. The van der Waals surface area contributed by atoms with Gasteiger partial charge in [0.2, 0.25) is 0 Å². The smallest absolute Gasteiger partial charge is 0.262 e. The zero-order chi connectivity index (χ0) is 23.7. The van der Waals surface area contributed by atoms with Gasteiger partial charge < -0.3 is 9.64 Å². The SMILES string of the molecule is CCCCCC1(CC)CN(CC#N)NC1N(Cc1cccs1)C(=O)COc1ccc(C)cc1. The number of carbonyl (C=O) groups is 1. The van der Waals surface area contributed by atoms with Crippen LogP contribution in [0.3, 0.4) is 0 Å². The van der Waals surface area contributed by atoms with Gasteiger partial charge in [-0.15, -0.1) is 11.3 Å². The van der Waals surface area contributed by atoms with E-state index in [1.54, 1.807) is 11.3 Å². The lowest BCUT2D eigenvalue weighted by molar-refractivity contribution is -0.140. The van der Waals surface area contributed by atoms with Crippen LogP contribution in [0.25, 0.3) is 0 Å². The summed E-state index contributed by atoms with van der Waals surface area (Å²) in [6, 6.07) is 14.1. The van der Waals surface area contributed by atoms with Crippen LogP contribution in [0.5, 0.6) is 5.75 Å². The molecule has 33 heavy (non-hydrogen) atoms. The number of nitriles is 1. The predicted octanol–water partition coefficient (Wildman–Crippen LogP) is 5.11. The molecular weight excluding hydrogens is 432 g/mol. The molecular formula is C26H36N4O2S. The summed E-state index contributed by atoms with van der Waals surface area (Å²) in [5, 5.41) is 13.3. The first-order valence-electron chi connectivity index (χ1n) is 11.9. The Labute approximate surface area is 202 Å². The van der Waals surface area contributed by atoms with Crippen LogP contribution in [-0.2, 0) is 11.3 Å². The molecule has 0 radical (unpaired) electrons. The van der Waals surface area contributed by atoms with Crippen LogP contribution in [-0.4, -0.2) is 41.7 Å². The number of hydrazine groups is 1. The Hall–Kier alpha value is -2.40. The molecule has 1 aromatic carbocycles. The van der Waals surface area contributed by atoms with Gasteiger partial charge in [0, 0.05) is 16.8 Å². The molecule has 1 aliphatic rings. The van der Waals surface area contributed by atoms with Crippen molar-refractivity contribution in [2.45, 2.75) is 65.6 Å². The van der Waals surface area contributed by atoms with Gasteiger partial charge in [-0.05, 0) is 43.3 Å². The standard InChI is InChI=1S/C26H36N4O2S/c1-4-6-7-14-26(5-2)20-29(16-15-27)28-25(26)30(18-23-9-8-17-33-23)24(31)19-32-22-12-10-21(3)11-13-22/h8-13,17,25,28H,4-7,14,16,18-20H2,1-3H3. The van der Waals surface area contributed by atoms with E-state index in [0.29, 0.717) is 18.8 Å². The molecule has 6 nitrogen and oxygen atoms in total. The van der Waals surface area contributed by atoms with E-state index in [0.717, 1.165) is 42.7 Å². The van der Waals surface area contributed by atoms with E-state index < -0.39 is 0 Å². The highest BCUT2D eigenvalue weighted by molar-refractivity contribution is 7.09. The number of rotatable bonds is 12. The van der Waals surface area contributed by atoms with Crippen molar-refractivity contribution in [2.24, 2.45) is 5.41 Å². The minimum atomic E-state index is -0.177. The first-order valence-corrected chi connectivity index (χ1v) is 12.8. The topological polar surface area (TPSA) is 68.6 Å². The van der Waals surface area contributed by atoms with E-state index in [4.69, 9.17) is 4.74 Å². The monoisotopic (exact) mass is 468 g/mol. The normalized spacial score (nSPS) is 20.5. The Bertz CT molecular complexity index is 909. The van der Waals surface area contributed by atoms with Gasteiger partial charge in [0.15, 0.2) is 6.61 Å². The van der Waals surface area contributed by atoms with Gasteiger partial charge >= 0.3 is 0 Å². The highest BCUT2D eigenvalue weighted by Crippen LogP contribution is 2.40. The minimum absolute atomic E-state index is 0.0143. The Morgan fingerprint density at radius 2 is 2.09 bits per heavy atom. The van der Waals surface area contributed by atoms with Gasteiger partial charge in [0.1, 0.15) is 18.5 Å². The van der Waals surface area contributed by atoms with Crippen LogP contribution >= 0.6 is 11.3 Å². The molecule has 1 saturated heterocycles. The Balaban J connectivity index is 1.84. The molecule has 0 bridgehead atoms. The number of aryl methyl sites for hydroxylation is 1. The molecule has 0 saturated carbocycles. The summed E-state index contributed by atoms with van der Waals surface area (Å²) >= 11 is 1.66. The summed E-state index contributed by atoms with van der Waals surface area (Å²) in [6.45, 7) is 8.01. The fourth-order valence-corrected chi connectivity index (χ4v) is 5.29. The van der Waals surface area contributed by atoms with Gasteiger partial charge in [-0.3, -0.25) is 4.79 Å². The first kappa shape index (κ1) is 25.2. The summed E-state index contributed by atoms with van der Waals surface area (Å²) in [7, 11) is 0. The first-order chi connectivity index (χ1) is 16.0. The molecule has 2 aromatic rings. The molecule has 1 aliphatic heterocycles. The number of hydrogen-bond acceptors (Lipinski definition) is 6. The molecule has 0 spiro atoms. The van der Waals surface area contributed by atoms with E-state index in [-0.39, 0.29) is 24.1 Å². The number of thiophene rings is 1. The van der Waals surface area contributed by atoms with E-state index in [1.807, 2.05) is 52.5 Å². The Morgan fingerprint density at radius 3 is 2.73 bits per heavy atom. The lowest BCUT2D eigenvalue weighted by atomic mass is 9.77. The molecule has 2 unspecified atom stereocenters. The van der Waals surface area contributed by atoms with Crippen LogP contribution < -0.4 is 10.2 Å². The molecule has 1 fully saturated rings. The second-order valence-corrected chi connectivity index (χ2v) is 9.95. The van der Waals surface area contributed by atoms with Crippen molar-refractivity contribution >= 4 is 17.2 Å². The lowest BCUT2D eigenvalue weighted by Gasteiger charge is -2.40. The second-order valence-electron chi connectivity index (χ2n) is 8.92. The third-order valence-corrected chi connectivity index (χ3v) is 7.42. The number of ether oxygens (including phenoxy) is 1. The largest absolute Gasteiger partial charge is 0.484 e. The molecule has 0 aliphatic carbocycles. The molecule has 178 valence electrons. The van der Waals surface area contributed by atoms with Gasteiger partial charge in [-0.2, -0.15) is 5.26 Å². The Morgan fingerprint density at radius 1 is 1.30 bits per heavy atom. The molecule has 1 amide bonds. The van der Waals surface area contributed by atoms with Crippen molar-refractivity contribution in [3.63, 3.8) is 0 Å². The van der Waals surface area contributed by atoms with Crippen LogP contribution in [0.15, 0.2) is 41.8 Å². The number of benzene rings is 1. The van der Waals surface area contributed by atoms with E-state index in [1.165, 1.54) is 6.42 Å². The zero-order valence-corrected chi connectivity index (χ0v) is 20.9. The summed E-state index contributed by atoms with van der Waals surface area (Å²) < 4.78 is 5.88. The van der Waals surface area contributed by atoms with Crippen LogP contribution in [0, 0.1) is 23.7 Å². The maximum Gasteiger partial charge on any atom is 0.262 e. The Kier molecular flexibility index (Phi) is 9.30. The molecule has 2 heterocycles.